The number of hydrogen-bond acceptors (Lipinski definition) is 8. The smallest absolute Gasteiger partial charge is 0.257 e. The van der Waals surface area contributed by atoms with E-state index in [-0.39, 0.29) is 25.2 Å². The number of unbranched alkanes of at least 4 members (excludes halogenated alkanes) is 1. The van der Waals surface area contributed by atoms with Crippen LogP contribution in [0.25, 0.3) is 21.0 Å². The summed E-state index contributed by atoms with van der Waals surface area (Å²) in [5.41, 5.74) is 6.75. The molecular formula is C30H34N4O4S. The molecule has 5 rings (SSSR count). The van der Waals surface area contributed by atoms with Gasteiger partial charge in [-0.1, -0.05) is 6.07 Å². The molecule has 0 radical (unpaired) electrons. The topological polar surface area (TPSA) is 97.9 Å². The first kappa shape index (κ1) is 27.1. The molecule has 8 nitrogen and oxygen atoms in total. The molecule has 204 valence electrons. The van der Waals surface area contributed by atoms with Gasteiger partial charge in [-0.25, -0.2) is 4.57 Å². The van der Waals surface area contributed by atoms with Crippen LogP contribution < -0.4 is 20.9 Å². The highest BCUT2D eigenvalue weighted by Crippen LogP contribution is 2.31. The van der Waals surface area contributed by atoms with Gasteiger partial charge in [0.2, 0.25) is 5.91 Å². The third kappa shape index (κ3) is 6.38. The monoisotopic (exact) mass is 546 g/mol. The lowest BCUT2D eigenvalue weighted by Crippen LogP contribution is -2.46. The van der Waals surface area contributed by atoms with E-state index in [1.54, 1.807) is 23.5 Å². The molecule has 0 bridgehead atoms. The van der Waals surface area contributed by atoms with Crippen LogP contribution in [-0.4, -0.2) is 67.0 Å². The highest BCUT2D eigenvalue weighted by molar-refractivity contribution is 7.17. The van der Waals surface area contributed by atoms with Crippen LogP contribution in [-0.2, 0) is 4.79 Å². The highest BCUT2D eigenvalue weighted by Gasteiger charge is 2.19. The molecule has 0 spiro atoms. The Morgan fingerprint density at radius 2 is 1.77 bits per heavy atom. The Morgan fingerprint density at radius 1 is 0.949 bits per heavy atom. The second-order valence-electron chi connectivity index (χ2n) is 9.86. The van der Waals surface area contributed by atoms with Crippen molar-refractivity contribution < 1.29 is 14.3 Å². The summed E-state index contributed by atoms with van der Waals surface area (Å²) in [7, 11) is 0. The van der Waals surface area contributed by atoms with E-state index in [0.29, 0.717) is 17.9 Å². The van der Waals surface area contributed by atoms with Gasteiger partial charge in [-0.3, -0.25) is 19.3 Å². The number of ketones is 1. The van der Waals surface area contributed by atoms with Crippen LogP contribution in [0.4, 0.5) is 5.69 Å². The fourth-order valence-corrected chi connectivity index (χ4v) is 5.92. The lowest BCUT2D eigenvalue weighted by atomic mass is 10.1. The minimum absolute atomic E-state index is 0.0220. The van der Waals surface area contributed by atoms with Crippen molar-refractivity contribution in [3.8, 4) is 5.75 Å². The first-order chi connectivity index (χ1) is 19.0. The number of rotatable bonds is 11. The standard InChI is InChI=1S/C30H34N4O4S/c31-21-23(35)8-11-30(37)34-27-20-24(9-6-22(27)7-10-29(34)36)38-18-2-1-13-32-14-16-33(17-15-32)26-4-3-5-28-25(26)12-19-39-28/h3-7,9-10,12,19-20H,1-2,8,11,13-18,21,31H2. The Balaban J connectivity index is 1.10. The number of aromatic nitrogens is 1. The van der Waals surface area contributed by atoms with Crippen molar-refractivity contribution in [2.24, 2.45) is 5.73 Å². The Bertz CT molecular complexity index is 1520. The summed E-state index contributed by atoms with van der Waals surface area (Å²) in [6.07, 6.45) is 1.91. The number of carbonyl (C=O) groups excluding carboxylic acids is 2. The van der Waals surface area contributed by atoms with Crippen LogP contribution in [0.3, 0.4) is 0 Å². The van der Waals surface area contributed by atoms with Crippen LogP contribution in [0.2, 0.25) is 0 Å². The van der Waals surface area contributed by atoms with E-state index >= 15 is 0 Å². The van der Waals surface area contributed by atoms with E-state index in [1.165, 1.54) is 21.8 Å². The molecule has 0 atom stereocenters. The van der Waals surface area contributed by atoms with Gasteiger partial charge in [0.15, 0.2) is 0 Å². The average molecular weight is 547 g/mol. The molecule has 1 aliphatic heterocycles. The second kappa shape index (κ2) is 12.5. The van der Waals surface area contributed by atoms with Gasteiger partial charge in [-0.15, -0.1) is 11.3 Å². The number of nitrogens with two attached hydrogens (primary N) is 1. The number of Topliss-reactive ketones (excluding diaryl/α,β-unsaturated/α-hetero) is 1. The molecule has 4 aromatic rings. The van der Waals surface area contributed by atoms with Crippen molar-refractivity contribution in [1.82, 2.24) is 9.47 Å². The summed E-state index contributed by atoms with van der Waals surface area (Å²) < 4.78 is 8.45. The lowest BCUT2D eigenvalue weighted by Gasteiger charge is -2.36. The van der Waals surface area contributed by atoms with Gasteiger partial charge in [-0.05, 0) is 66.6 Å². The van der Waals surface area contributed by atoms with E-state index in [2.05, 4.69) is 39.4 Å². The number of anilines is 1. The SMILES string of the molecule is NCC(=O)CCC(=O)n1c(=O)ccc2ccc(OCCCCN3CCN(c4cccc5sccc45)CC3)cc21. The molecule has 3 heterocycles. The summed E-state index contributed by atoms with van der Waals surface area (Å²) in [5, 5.41) is 4.27. The summed E-state index contributed by atoms with van der Waals surface area (Å²) in [5.74, 6) is -0.0148. The molecule has 9 heteroatoms. The molecule has 39 heavy (non-hydrogen) atoms. The van der Waals surface area contributed by atoms with E-state index in [0.717, 1.165) is 55.5 Å². The third-order valence-electron chi connectivity index (χ3n) is 7.29. The number of hydrogen-bond donors (Lipinski definition) is 1. The van der Waals surface area contributed by atoms with Gasteiger partial charge in [0.25, 0.3) is 5.56 Å². The maximum absolute atomic E-state index is 12.7. The molecule has 2 N–H and O–H groups in total. The average Bonchev–Trinajstić information content (AvgIpc) is 3.45. The van der Waals surface area contributed by atoms with Crippen LogP contribution in [0.5, 0.6) is 5.75 Å². The summed E-state index contributed by atoms with van der Waals surface area (Å²) in [6, 6.07) is 17.3. The van der Waals surface area contributed by atoms with Crippen molar-refractivity contribution in [2.45, 2.75) is 25.7 Å². The Kier molecular flexibility index (Phi) is 8.71. The number of thiophene rings is 1. The fourth-order valence-electron chi connectivity index (χ4n) is 5.11. The highest BCUT2D eigenvalue weighted by atomic mass is 32.1. The van der Waals surface area contributed by atoms with Gasteiger partial charge >= 0.3 is 0 Å². The predicted octanol–water partition coefficient (Wildman–Crippen LogP) is 4.15. The van der Waals surface area contributed by atoms with Crippen molar-refractivity contribution in [3.63, 3.8) is 0 Å². The minimum atomic E-state index is -0.420. The molecule has 1 aliphatic rings. The number of benzene rings is 2. The largest absolute Gasteiger partial charge is 0.494 e. The number of carbonyl (C=O) groups is 2. The number of ether oxygens (including phenoxy) is 1. The van der Waals surface area contributed by atoms with Gasteiger partial charge in [0.05, 0.1) is 18.7 Å². The normalized spacial score (nSPS) is 14.2. The molecular weight excluding hydrogens is 512 g/mol. The van der Waals surface area contributed by atoms with E-state index in [4.69, 9.17) is 10.5 Å². The van der Waals surface area contributed by atoms with Crippen LogP contribution in [0, 0.1) is 0 Å². The molecule has 0 saturated carbocycles. The second-order valence-corrected chi connectivity index (χ2v) is 10.8. The quantitative estimate of drug-likeness (QED) is 0.282. The van der Waals surface area contributed by atoms with Gasteiger partial charge in [0.1, 0.15) is 11.5 Å². The first-order valence-corrected chi connectivity index (χ1v) is 14.4. The Morgan fingerprint density at radius 3 is 2.59 bits per heavy atom. The zero-order valence-electron chi connectivity index (χ0n) is 22.0. The minimum Gasteiger partial charge on any atom is -0.494 e. The van der Waals surface area contributed by atoms with Gasteiger partial charge in [-0.2, -0.15) is 0 Å². The summed E-state index contributed by atoms with van der Waals surface area (Å²) in [6.45, 7) is 5.64. The zero-order chi connectivity index (χ0) is 27.2. The van der Waals surface area contributed by atoms with E-state index < -0.39 is 11.5 Å². The van der Waals surface area contributed by atoms with Crippen LogP contribution in [0.15, 0.2) is 64.8 Å². The summed E-state index contributed by atoms with van der Waals surface area (Å²) in [4.78, 5) is 41.8. The van der Waals surface area contributed by atoms with Gasteiger partial charge < -0.3 is 15.4 Å². The summed E-state index contributed by atoms with van der Waals surface area (Å²) >= 11 is 1.79. The Hall–Kier alpha value is -3.53. The molecule has 2 aromatic heterocycles. The van der Waals surface area contributed by atoms with Crippen molar-refractivity contribution in [3.05, 3.63) is 70.3 Å². The first-order valence-electron chi connectivity index (χ1n) is 13.5. The maximum atomic E-state index is 12.7. The molecule has 1 fully saturated rings. The van der Waals surface area contributed by atoms with Crippen molar-refractivity contribution >= 4 is 49.7 Å². The number of piperazine rings is 1. The molecule has 0 aliphatic carbocycles. The lowest BCUT2D eigenvalue weighted by molar-refractivity contribution is -0.117. The third-order valence-corrected chi connectivity index (χ3v) is 8.17. The number of nitrogens with zero attached hydrogens (tertiary/aromatic N) is 3. The van der Waals surface area contributed by atoms with Crippen molar-refractivity contribution in [2.75, 3.05) is 50.8 Å². The molecule has 2 aromatic carbocycles. The predicted molar refractivity (Wildman–Crippen MR) is 157 cm³/mol. The molecule has 0 amide bonds. The molecule has 1 saturated heterocycles. The van der Waals surface area contributed by atoms with Gasteiger partial charge in [0, 0.05) is 66.9 Å². The van der Waals surface area contributed by atoms with E-state index in [1.807, 2.05) is 12.1 Å². The van der Waals surface area contributed by atoms with Crippen LogP contribution >= 0.6 is 11.3 Å². The van der Waals surface area contributed by atoms with Crippen molar-refractivity contribution in [1.29, 1.82) is 0 Å². The van der Waals surface area contributed by atoms with E-state index in [9.17, 15) is 14.4 Å². The maximum Gasteiger partial charge on any atom is 0.257 e. The fraction of sp³-hybridized carbons (Fsp3) is 0.367. The zero-order valence-corrected chi connectivity index (χ0v) is 22.8. The Labute approximate surface area is 231 Å². The molecule has 0 unspecified atom stereocenters. The van der Waals surface area contributed by atoms with Crippen LogP contribution in [0.1, 0.15) is 30.5 Å². The number of fused-ring (bicyclic) bond motifs is 2. The number of pyridine rings is 1.